The van der Waals surface area contributed by atoms with Gasteiger partial charge in [-0.1, -0.05) is 19.1 Å². The van der Waals surface area contributed by atoms with Crippen molar-refractivity contribution in [2.45, 2.75) is 32.2 Å². The van der Waals surface area contributed by atoms with E-state index in [0.29, 0.717) is 24.9 Å². The topological polar surface area (TPSA) is 81.3 Å². The minimum absolute atomic E-state index is 0.0244. The van der Waals surface area contributed by atoms with Crippen LogP contribution in [0.15, 0.2) is 24.3 Å². The molecule has 2 atom stereocenters. The predicted octanol–water partition coefficient (Wildman–Crippen LogP) is 1.52. The summed E-state index contributed by atoms with van der Waals surface area (Å²) in [6.45, 7) is 5.34. The number of likely N-dealkylation sites (N-methyl/N-ethyl adjacent to an activating group) is 1. The SMILES string of the molecule is CCN1CCC[C@@H]1CNC(=O)[C@@H]1CC(=O)N(c2n[nH]c3ccccc23)C1. The maximum absolute atomic E-state index is 12.6. The molecule has 138 valence electrons. The molecule has 0 radical (unpaired) electrons. The third kappa shape index (κ3) is 3.07. The summed E-state index contributed by atoms with van der Waals surface area (Å²) in [5, 5.41) is 11.2. The lowest BCUT2D eigenvalue weighted by Gasteiger charge is -2.23. The molecular weight excluding hydrogens is 330 g/mol. The molecule has 1 aromatic carbocycles. The van der Waals surface area contributed by atoms with E-state index < -0.39 is 0 Å². The molecule has 4 rings (SSSR count). The number of hydrogen-bond donors (Lipinski definition) is 2. The number of likely N-dealkylation sites (tertiary alicyclic amines) is 1. The van der Waals surface area contributed by atoms with Crippen molar-refractivity contribution in [2.75, 3.05) is 31.1 Å². The summed E-state index contributed by atoms with van der Waals surface area (Å²) in [4.78, 5) is 29.1. The lowest BCUT2D eigenvalue weighted by atomic mass is 10.1. The van der Waals surface area contributed by atoms with Gasteiger partial charge >= 0.3 is 0 Å². The maximum atomic E-state index is 12.6. The summed E-state index contributed by atoms with van der Waals surface area (Å²) in [6.07, 6.45) is 2.56. The maximum Gasteiger partial charge on any atom is 0.229 e. The van der Waals surface area contributed by atoms with Gasteiger partial charge in [0.15, 0.2) is 5.82 Å². The van der Waals surface area contributed by atoms with Crippen molar-refractivity contribution in [2.24, 2.45) is 5.92 Å². The van der Waals surface area contributed by atoms with E-state index in [-0.39, 0.29) is 24.2 Å². The van der Waals surface area contributed by atoms with E-state index in [1.807, 2.05) is 24.3 Å². The van der Waals surface area contributed by atoms with Crippen LogP contribution in [0.2, 0.25) is 0 Å². The normalized spacial score (nSPS) is 23.9. The first kappa shape index (κ1) is 17.0. The van der Waals surface area contributed by atoms with Gasteiger partial charge in [-0.3, -0.25) is 24.5 Å². The minimum atomic E-state index is -0.311. The van der Waals surface area contributed by atoms with E-state index in [0.717, 1.165) is 30.4 Å². The van der Waals surface area contributed by atoms with E-state index in [1.165, 1.54) is 6.42 Å². The molecule has 7 heteroatoms. The zero-order valence-corrected chi connectivity index (χ0v) is 15.1. The van der Waals surface area contributed by atoms with Crippen LogP contribution in [-0.2, 0) is 9.59 Å². The number of anilines is 1. The van der Waals surface area contributed by atoms with Crippen LogP contribution in [0.4, 0.5) is 5.82 Å². The van der Waals surface area contributed by atoms with Gasteiger partial charge in [0, 0.05) is 30.9 Å². The second-order valence-corrected chi connectivity index (χ2v) is 7.17. The van der Waals surface area contributed by atoms with E-state index in [2.05, 4.69) is 27.3 Å². The number of nitrogens with one attached hydrogen (secondary N) is 2. The molecule has 3 heterocycles. The number of rotatable bonds is 5. The third-order valence-corrected chi connectivity index (χ3v) is 5.62. The van der Waals surface area contributed by atoms with Gasteiger partial charge in [-0.25, -0.2) is 0 Å². The Balaban J connectivity index is 1.40. The number of hydrogen-bond acceptors (Lipinski definition) is 4. The predicted molar refractivity (Wildman–Crippen MR) is 99.8 cm³/mol. The van der Waals surface area contributed by atoms with Crippen LogP contribution in [-0.4, -0.2) is 59.1 Å². The van der Waals surface area contributed by atoms with Gasteiger partial charge in [-0.2, -0.15) is 5.10 Å². The van der Waals surface area contributed by atoms with Gasteiger partial charge < -0.3 is 5.32 Å². The van der Waals surface area contributed by atoms with Crippen molar-refractivity contribution in [3.8, 4) is 0 Å². The fourth-order valence-electron chi connectivity index (χ4n) is 4.15. The molecule has 0 aliphatic carbocycles. The molecule has 2 saturated heterocycles. The summed E-state index contributed by atoms with van der Waals surface area (Å²) in [5.74, 6) is 0.241. The average molecular weight is 355 g/mol. The van der Waals surface area contributed by atoms with Gasteiger partial charge in [0.1, 0.15) is 0 Å². The molecular formula is C19H25N5O2. The highest BCUT2D eigenvalue weighted by atomic mass is 16.2. The fraction of sp³-hybridized carbons (Fsp3) is 0.526. The zero-order valence-electron chi connectivity index (χ0n) is 15.1. The van der Waals surface area contributed by atoms with Gasteiger partial charge in [-0.05, 0) is 38.1 Å². The Kier molecular flexibility index (Phi) is 4.63. The molecule has 2 aromatic rings. The number of nitrogens with zero attached hydrogens (tertiary/aromatic N) is 3. The highest BCUT2D eigenvalue weighted by Gasteiger charge is 2.37. The lowest BCUT2D eigenvalue weighted by molar-refractivity contribution is -0.126. The summed E-state index contributed by atoms with van der Waals surface area (Å²) >= 11 is 0. The molecule has 0 unspecified atom stereocenters. The second kappa shape index (κ2) is 7.07. The monoisotopic (exact) mass is 355 g/mol. The fourth-order valence-corrected chi connectivity index (χ4v) is 4.15. The van der Waals surface area contributed by atoms with Crippen molar-refractivity contribution >= 4 is 28.5 Å². The smallest absolute Gasteiger partial charge is 0.229 e. The number of amides is 2. The molecule has 2 fully saturated rings. The Morgan fingerprint density at radius 2 is 2.23 bits per heavy atom. The Hall–Kier alpha value is -2.41. The van der Waals surface area contributed by atoms with E-state index >= 15 is 0 Å². The largest absolute Gasteiger partial charge is 0.354 e. The first-order valence-corrected chi connectivity index (χ1v) is 9.42. The molecule has 0 saturated carbocycles. The Morgan fingerprint density at radius 1 is 1.38 bits per heavy atom. The molecule has 0 bridgehead atoms. The number of H-pyrrole nitrogens is 1. The van der Waals surface area contributed by atoms with Crippen LogP contribution in [0.5, 0.6) is 0 Å². The quantitative estimate of drug-likeness (QED) is 0.852. The van der Waals surface area contributed by atoms with Crippen molar-refractivity contribution in [1.29, 1.82) is 0 Å². The first-order chi connectivity index (χ1) is 12.7. The van der Waals surface area contributed by atoms with Crippen LogP contribution in [0.3, 0.4) is 0 Å². The Morgan fingerprint density at radius 3 is 3.08 bits per heavy atom. The van der Waals surface area contributed by atoms with Crippen molar-refractivity contribution in [3.05, 3.63) is 24.3 Å². The number of benzene rings is 1. The van der Waals surface area contributed by atoms with Crippen LogP contribution in [0, 0.1) is 5.92 Å². The number of fused-ring (bicyclic) bond motifs is 1. The number of carbonyl (C=O) groups excluding carboxylic acids is 2. The number of aromatic nitrogens is 2. The van der Waals surface area contributed by atoms with Gasteiger partial charge in [0.2, 0.25) is 11.8 Å². The summed E-state index contributed by atoms with van der Waals surface area (Å²) < 4.78 is 0. The third-order valence-electron chi connectivity index (χ3n) is 5.62. The number of aromatic amines is 1. The second-order valence-electron chi connectivity index (χ2n) is 7.17. The van der Waals surface area contributed by atoms with Crippen LogP contribution >= 0.6 is 0 Å². The summed E-state index contributed by atoms with van der Waals surface area (Å²) in [7, 11) is 0. The standard InChI is InChI=1S/C19H25N5O2/c1-2-23-9-5-6-14(23)11-20-19(26)13-10-17(25)24(12-13)18-15-7-3-4-8-16(15)21-22-18/h3-4,7-8,13-14H,2,5-6,9-12H2,1H3,(H,20,26)(H,21,22)/t13-,14-/m1/s1. The molecule has 0 spiro atoms. The van der Waals surface area contributed by atoms with Crippen molar-refractivity contribution in [3.63, 3.8) is 0 Å². The highest BCUT2D eigenvalue weighted by molar-refractivity contribution is 6.05. The minimum Gasteiger partial charge on any atom is -0.354 e. The van der Waals surface area contributed by atoms with Crippen LogP contribution in [0.25, 0.3) is 10.9 Å². The number of carbonyl (C=O) groups is 2. The first-order valence-electron chi connectivity index (χ1n) is 9.42. The van der Waals surface area contributed by atoms with E-state index in [1.54, 1.807) is 4.90 Å². The Bertz CT molecular complexity index is 817. The average Bonchev–Trinajstić information content (AvgIpc) is 3.37. The molecule has 2 N–H and O–H groups in total. The zero-order chi connectivity index (χ0) is 18.1. The molecule has 1 aromatic heterocycles. The Labute approximate surface area is 152 Å². The molecule has 2 amide bonds. The molecule has 7 nitrogen and oxygen atoms in total. The van der Waals surface area contributed by atoms with Crippen molar-refractivity contribution < 1.29 is 9.59 Å². The van der Waals surface area contributed by atoms with E-state index in [9.17, 15) is 9.59 Å². The van der Waals surface area contributed by atoms with Gasteiger partial charge in [-0.15, -0.1) is 0 Å². The summed E-state index contributed by atoms with van der Waals surface area (Å²) in [5.41, 5.74) is 0.893. The summed E-state index contributed by atoms with van der Waals surface area (Å²) in [6, 6.07) is 8.14. The van der Waals surface area contributed by atoms with Gasteiger partial charge in [0.25, 0.3) is 0 Å². The highest BCUT2D eigenvalue weighted by Crippen LogP contribution is 2.29. The number of para-hydroxylation sites is 1. The molecule has 2 aliphatic heterocycles. The van der Waals surface area contributed by atoms with E-state index in [4.69, 9.17) is 0 Å². The molecule has 26 heavy (non-hydrogen) atoms. The van der Waals surface area contributed by atoms with Crippen LogP contribution in [0.1, 0.15) is 26.2 Å². The lowest BCUT2D eigenvalue weighted by Crippen LogP contribution is -2.42. The van der Waals surface area contributed by atoms with Crippen molar-refractivity contribution in [1.82, 2.24) is 20.4 Å². The van der Waals surface area contributed by atoms with Crippen LogP contribution < -0.4 is 10.2 Å². The molecule has 2 aliphatic rings. The van der Waals surface area contributed by atoms with Gasteiger partial charge in [0.05, 0.1) is 11.4 Å².